The Labute approximate surface area is 227 Å². The van der Waals surface area contributed by atoms with E-state index >= 15 is 0 Å². The number of rotatable bonds is 8. The first-order valence-electron chi connectivity index (χ1n) is 12.4. The number of carbonyl (C=O) groups is 2. The Balaban J connectivity index is 1.28. The molecule has 5 aromatic rings. The summed E-state index contributed by atoms with van der Waals surface area (Å²) in [4.78, 5) is 38.9. The summed E-state index contributed by atoms with van der Waals surface area (Å²) in [5.74, 6) is 0.719. The number of furan rings is 1. The van der Waals surface area contributed by atoms with E-state index in [-0.39, 0.29) is 29.5 Å². The molecule has 40 heavy (non-hydrogen) atoms. The van der Waals surface area contributed by atoms with Crippen LogP contribution in [0.4, 0.5) is 5.82 Å². The average Bonchev–Trinajstić information content (AvgIpc) is 3.33. The molecular formula is C30H23N3O7. The molecule has 0 atom stereocenters. The van der Waals surface area contributed by atoms with E-state index in [2.05, 4.69) is 15.0 Å². The number of aliphatic imine (C=N–C) groups is 1. The van der Waals surface area contributed by atoms with Gasteiger partial charge in [-0.25, -0.2) is 15.0 Å². The van der Waals surface area contributed by atoms with Gasteiger partial charge in [0.1, 0.15) is 29.8 Å². The van der Waals surface area contributed by atoms with Crippen molar-refractivity contribution < 1.29 is 33.0 Å². The molecule has 6 rings (SSSR count). The van der Waals surface area contributed by atoms with Crippen molar-refractivity contribution in [2.45, 2.75) is 6.42 Å². The Kier molecular flexibility index (Phi) is 6.67. The summed E-state index contributed by atoms with van der Waals surface area (Å²) in [6.07, 6.45) is 2.26. The van der Waals surface area contributed by atoms with E-state index in [4.69, 9.17) is 23.4 Å². The van der Waals surface area contributed by atoms with Crippen molar-refractivity contribution in [1.82, 2.24) is 9.97 Å². The quantitative estimate of drug-likeness (QED) is 0.248. The molecule has 3 aromatic carbocycles. The minimum absolute atomic E-state index is 0.0491. The highest BCUT2D eigenvalue weighted by molar-refractivity contribution is 6.50. The number of ether oxygens (including phenoxy) is 4. The van der Waals surface area contributed by atoms with E-state index in [0.717, 1.165) is 22.4 Å². The number of nitrogens with zero attached hydrogens (tertiary/aromatic N) is 3. The average molecular weight is 538 g/mol. The zero-order valence-electron chi connectivity index (χ0n) is 21.7. The summed E-state index contributed by atoms with van der Waals surface area (Å²) >= 11 is 0. The number of methoxy groups -OCH3 is 2. The second-order valence-corrected chi connectivity index (χ2v) is 8.95. The minimum atomic E-state index is -0.442. The summed E-state index contributed by atoms with van der Waals surface area (Å²) in [5.41, 5.74) is 2.04. The molecule has 2 heterocycles. The Hall–Kier alpha value is -5.09. The summed E-state index contributed by atoms with van der Waals surface area (Å²) in [6, 6.07) is 16.3. The number of aromatic nitrogens is 2. The predicted octanol–water partition coefficient (Wildman–Crippen LogP) is 5.14. The maximum Gasteiger partial charge on any atom is 0.204 e. The molecule has 0 saturated heterocycles. The summed E-state index contributed by atoms with van der Waals surface area (Å²) in [6.45, 7) is 0.743. The molecule has 10 nitrogen and oxygen atoms in total. The zero-order valence-corrected chi connectivity index (χ0v) is 21.7. The largest absolute Gasteiger partial charge is 0.493 e. The van der Waals surface area contributed by atoms with Crippen LogP contribution in [0, 0.1) is 0 Å². The Morgan fingerprint density at radius 2 is 1.75 bits per heavy atom. The van der Waals surface area contributed by atoms with Crippen LogP contribution in [0.5, 0.6) is 17.2 Å². The molecule has 1 aliphatic carbocycles. The number of allylic oxidation sites excluding steroid dienone is 2. The number of hydrogen-bond donors (Lipinski definition) is 0. The molecule has 0 saturated carbocycles. The fraction of sp³-hybridized carbons (Fsp3) is 0.167. The number of carbonyl (C=O) groups excluding carboxylic acids is 2. The number of fused-ring (bicyclic) bond motifs is 4. The monoisotopic (exact) mass is 537 g/mol. The van der Waals surface area contributed by atoms with Crippen molar-refractivity contribution in [3.8, 4) is 17.2 Å². The minimum Gasteiger partial charge on any atom is -0.493 e. The van der Waals surface area contributed by atoms with Gasteiger partial charge in [-0.1, -0.05) is 18.2 Å². The van der Waals surface area contributed by atoms with Crippen molar-refractivity contribution in [3.05, 3.63) is 72.8 Å². The Bertz CT molecular complexity index is 1860. The van der Waals surface area contributed by atoms with Crippen LogP contribution in [0.15, 0.2) is 82.2 Å². The van der Waals surface area contributed by atoms with Gasteiger partial charge in [0.25, 0.3) is 0 Å². The Morgan fingerprint density at radius 3 is 2.60 bits per heavy atom. The van der Waals surface area contributed by atoms with Gasteiger partial charge in [-0.05, 0) is 30.3 Å². The van der Waals surface area contributed by atoms with E-state index in [1.54, 1.807) is 37.4 Å². The van der Waals surface area contributed by atoms with Crippen molar-refractivity contribution in [2.24, 2.45) is 4.99 Å². The van der Waals surface area contributed by atoms with Crippen LogP contribution in [0.3, 0.4) is 0 Å². The van der Waals surface area contributed by atoms with Gasteiger partial charge in [0.15, 0.2) is 23.1 Å². The summed E-state index contributed by atoms with van der Waals surface area (Å²) in [5, 5.41) is 2.32. The second kappa shape index (κ2) is 10.6. The molecule has 0 N–H and O–H groups in total. The number of Topliss-reactive ketones (excluding diaryl/α,β-unsaturated/α-hetero) is 1. The smallest absolute Gasteiger partial charge is 0.204 e. The molecule has 0 bridgehead atoms. The van der Waals surface area contributed by atoms with Crippen molar-refractivity contribution >= 4 is 55.9 Å². The lowest BCUT2D eigenvalue weighted by Crippen LogP contribution is -2.26. The first-order valence-corrected chi connectivity index (χ1v) is 12.4. The van der Waals surface area contributed by atoms with Gasteiger partial charge in [0.05, 0.1) is 31.4 Å². The van der Waals surface area contributed by atoms with Gasteiger partial charge < -0.3 is 23.4 Å². The fourth-order valence-corrected chi connectivity index (χ4v) is 4.46. The van der Waals surface area contributed by atoms with Gasteiger partial charge in [-0.2, -0.15) is 0 Å². The number of para-hydroxylation sites is 1. The normalized spacial score (nSPS) is 14.8. The third-order valence-electron chi connectivity index (χ3n) is 6.41. The van der Waals surface area contributed by atoms with Gasteiger partial charge >= 0.3 is 0 Å². The fourth-order valence-electron chi connectivity index (χ4n) is 4.46. The van der Waals surface area contributed by atoms with Crippen LogP contribution >= 0.6 is 0 Å². The number of hydrogen-bond acceptors (Lipinski definition) is 10. The van der Waals surface area contributed by atoms with E-state index in [1.807, 2.05) is 24.3 Å². The first-order chi connectivity index (χ1) is 19.5. The molecule has 10 heteroatoms. The van der Waals surface area contributed by atoms with Crippen molar-refractivity contribution in [1.29, 1.82) is 0 Å². The molecule has 0 aliphatic heterocycles. The highest BCUT2D eigenvalue weighted by atomic mass is 16.5. The van der Waals surface area contributed by atoms with Crippen molar-refractivity contribution in [3.63, 3.8) is 0 Å². The summed E-state index contributed by atoms with van der Waals surface area (Å²) < 4.78 is 27.9. The third kappa shape index (κ3) is 4.76. The lowest BCUT2D eigenvalue weighted by molar-refractivity contribution is -0.118. The van der Waals surface area contributed by atoms with Gasteiger partial charge in [0.2, 0.25) is 11.6 Å². The number of ketones is 2. The zero-order chi connectivity index (χ0) is 27.6. The van der Waals surface area contributed by atoms with Gasteiger partial charge in [0, 0.05) is 35.4 Å². The van der Waals surface area contributed by atoms with Crippen LogP contribution in [-0.4, -0.2) is 54.7 Å². The molecule has 1 aliphatic rings. The third-order valence-corrected chi connectivity index (χ3v) is 6.41. The first kappa shape index (κ1) is 25.2. The molecule has 0 fully saturated rings. The highest BCUT2D eigenvalue weighted by Crippen LogP contribution is 2.35. The SMILES string of the molecule is COCCOc1cc2ncnc(N=C3CC(=O)C(Oc4ccc5oc6ccccc6c5c4)=CC3=O)c2cc1OC. The predicted molar refractivity (Wildman–Crippen MR) is 148 cm³/mol. The molecule has 0 spiro atoms. The van der Waals surface area contributed by atoms with Crippen LogP contribution in [-0.2, 0) is 14.3 Å². The van der Waals surface area contributed by atoms with Crippen LogP contribution < -0.4 is 14.2 Å². The van der Waals surface area contributed by atoms with Crippen LogP contribution in [0.1, 0.15) is 6.42 Å². The standard InChI is InChI=1S/C30H23N3O7/c1-36-9-10-38-29-14-21-20(12-28(29)37-2)30(32-16-31-21)33-22-13-24(35)27(15-23(22)34)39-17-7-8-26-19(11-17)18-5-3-4-6-25(18)40-26/h3-8,11-12,14-16H,9-10,13H2,1-2H3. The molecule has 0 unspecified atom stereocenters. The maximum absolute atomic E-state index is 13.0. The van der Waals surface area contributed by atoms with Gasteiger partial charge in [-0.3, -0.25) is 9.59 Å². The lowest BCUT2D eigenvalue weighted by Gasteiger charge is -2.15. The van der Waals surface area contributed by atoms with Crippen LogP contribution in [0.2, 0.25) is 0 Å². The molecule has 0 radical (unpaired) electrons. The van der Waals surface area contributed by atoms with E-state index in [9.17, 15) is 9.59 Å². The van der Waals surface area contributed by atoms with E-state index in [0.29, 0.717) is 46.9 Å². The van der Waals surface area contributed by atoms with E-state index in [1.165, 1.54) is 13.4 Å². The molecular weight excluding hydrogens is 514 g/mol. The Morgan fingerprint density at radius 1 is 0.900 bits per heavy atom. The van der Waals surface area contributed by atoms with Crippen LogP contribution in [0.25, 0.3) is 32.8 Å². The van der Waals surface area contributed by atoms with E-state index < -0.39 is 5.78 Å². The topological polar surface area (TPSA) is 122 Å². The molecule has 200 valence electrons. The summed E-state index contributed by atoms with van der Waals surface area (Å²) in [7, 11) is 3.10. The maximum atomic E-state index is 13.0. The van der Waals surface area contributed by atoms with Gasteiger partial charge in [-0.15, -0.1) is 0 Å². The number of benzene rings is 3. The molecule has 2 aromatic heterocycles. The highest BCUT2D eigenvalue weighted by Gasteiger charge is 2.27. The van der Waals surface area contributed by atoms with Crippen molar-refractivity contribution in [2.75, 3.05) is 27.4 Å². The molecule has 0 amide bonds. The lowest BCUT2D eigenvalue weighted by atomic mass is 10.0. The second-order valence-electron chi connectivity index (χ2n) is 8.95.